The van der Waals surface area contributed by atoms with Crippen molar-refractivity contribution in [3.63, 3.8) is 0 Å². The van der Waals surface area contributed by atoms with E-state index in [0.29, 0.717) is 10.9 Å². The molecule has 17 heavy (non-hydrogen) atoms. The summed E-state index contributed by atoms with van der Waals surface area (Å²) in [6.45, 7) is 2.03. The quantitative estimate of drug-likeness (QED) is 0.770. The molecule has 88 valence electrons. The normalized spacial score (nSPS) is 10.6. The van der Waals surface area contributed by atoms with Gasteiger partial charge in [0.05, 0.1) is 5.52 Å². The van der Waals surface area contributed by atoms with Gasteiger partial charge in [0.2, 0.25) is 5.43 Å². The van der Waals surface area contributed by atoms with Crippen molar-refractivity contribution < 1.29 is 5.11 Å². The van der Waals surface area contributed by atoms with Crippen LogP contribution in [0.2, 0.25) is 0 Å². The second-order valence-corrected chi connectivity index (χ2v) is 3.94. The number of aromatic nitrogens is 1. The van der Waals surface area contributed by atoms with Gasteiger partial charge in [-0.05, 0) is 18.1 Å². The molecular weight excluding hydrogens is 218 g/mol. The zero-order valence-corrected chi connectivity index (χ0v) is 9.49. The van der Waals surface area contributed by atoms with E-state index in [1.807, 2.05) is 13.0 Å². The van der Waals surface area contributed by atoms with E-state index in [2.05, 4.69) is 4.98 Å². The van der Waals surface area contributed by atoms with Crippen LogP contribution in [0.4, 0.5) is 0 Å². The third-order valence-electron chi connectivity index (χ3n) is 2.68. The number of rotatable bonds is 2. The Morgan fingerprint density at radius 1 is 1.29 bits per heavy atom. The fourth-order valence-electron chi connectivity index (χ4n) is 1.88. The minimum absolute atomic E-state index is 0.165. The highest BCUT2D eigenvalue weighted by Crippen LogP contribution is 2.22. The van der Waals surface area contributed by atoms with Gasteiger partial charge in [0.1, 0.15) is 5.75 Å². The maximum Gasteiger partial charge on any atom is 0.296 e. The van der Waals surface area contributed by atoms with Crippen LogP contribution >= 0.6 is 0 Å². The lowest BCUT2D eigenvalue weighted by Crippen LogP contribution is -2.22. The molecule has 1 aromatic carbocycles. The zero-order valence-electron chi connectivity index (χ0n) is 9.49. The number of para-hydroxylation sites is 1. The number of benzene rings is 1. The van der Waals surface area contributed by atoms with Crippen LogP contribution in [-0.2, 0) is 6.42 Å². The van der Waals surface area contributed by atoms with Crippen LogP contribution in [0.5, 0.6) is 5.75 Å². The number of H-pyrrole nitrogens is 1. The SMILES string of the molecule is CCCc1cccc2c(O)cc(=O)c(=O)[nH]c12. The maximum atomic E-state index is 11.5. The molecule has 0 aliphatic rings. The Hall–Kier alpha value is -2.10. The Morgan fingerprint density at radius 3 is 2.76 bits per heavy atom. The summed E-state index contributed by atoms with van der Waals surface area (Å²) >= 11 is 0. The highest BCUT2D eigenvalue weighted by molar-refractivity contribution is 5.86. The fraction of sp³-hybridized carbons (Fsp3) is 0.231. The maximum absolute atomic E-state index is 11.5. The number of aromatic amines is 1. The van der Waals surface area contributed by atoms with Gasteiger partial charge in [0.25, 0.3) is 5.56 Å². The first-order chi connectivity index (χ1) is 8.13. The molecular formula is C13H13NO3. The summed E-state index contributed by atoms with van der Waals surface area (Å²) in [4.78, 5) is 25.3. The topological polar surface area (TPSA) is 70.2 Å². The molecule has 2 aromatic rings. The second-order valence-electron chi connectivity index (χ2n) is 3.94. The van der Waals surface area contributed by atoms with Crippen molar-refractivity contribution in [2.24, 2.45) is 0 Å². The number of hydrogen-bond donors (Lipinski definition) is 2. The summed E-state index contributed by atoms with van der Waals surface area (Å²) in [5.74, 6) is -0.165. The van der Waals surface area contributed by atoms with Gasteiger partial charge in [-0.25, -0.2) is 0 Å². The van der Waals surface area contributed by atoms with E-state index in [1.165, 1.54) is 0 Å². The number of aromatic hydroxyl groups is 1. The summed E-state index contributed by atoms with van der Waals surface area (Å²) < 4.78 is 0. The van der Waals surface area contributed by atoms with E-state index in [1.54, 1.807) is 12.1 Å². The number of fused-ring (bicyclic) bond motifs is 1. The Balaban J connectivity index is 2.96. The molecule has 2 N–H and O–H groups in total. The van der Waals surface area contributed by atoms with E-state index >= 15 is 0 Å². The van der Waals surface area contributed by atoms with E-state index in [0.717, 1.165) is 24.5 Å². The highest BCUT2D eigenvalue weighted by atomic mass is 16.3. The minimum Gasteiger partial charge on any atom is -0.507 e. The van der Waals surface area contributed by atoms with Crippen molar-refractivity contribution in [1.29, 1.82) is 0 Å². The van der Waals surface area contributed by atoms with Gasteiger partial charge >= 0.3 is 0 Å². The van der Waals surface area contributed by atoms with Crippen LogP contribution in [0.3, 0.4) is 0 Å². The molecule has 0 radical (unpaired) electrons. The first-order valence-corrected chi connectivity index (χ1v) is 5.51. The van der Waals surface area contributed by atoms with Crippen LogP contribution in [0.1, 0.15) is 18.9 Å². The number of nitrogens with one attached hydrogen (secondary N) is 1. The predicted octanol–water partition coefficient (Wildman–Crippen LogP) is 1.55. The van der Waals surface area contributed by atoms with E-state index in [9.17, 15) is 14.7 Å². The molecule has 0 spiro atoms. The van der Waals surface area contributed by atoms with Gasteiger partial charge < -0.3 is 10.1 Å². The van der Waals surface area contributed by atoms with Gasteiger partial charge in [0.15, 0.2) is 0 Å². The lowest BCUT2D eigenvalue weighted by molar-refractivity contribution is 0.481. The average Bonchev–Trinajstić information content (AvgIpc) is 2.40. The standard InChI is InChI=1S/C13H13NO3/c1-2-4-8-5-3-6-9-10(15)7-11(16)13(17)14-12(8)9/h3,5-7,15H,2,4H2,1H3,(H,14,16,17). The van der Waals surface area contributed by atoms with Crippen LogP contribution in [-0.4, -0.2) is 10.1 Å². The van der Waals surface area contributed by atoms with E-state index < -0.39 is 11.0 Å². The first-order valence-electron chi connectivity index (χ1n) is 5.51. The summed E-state index contributed by atoms with van der Waals surface area (Å²) in [5.41, 5.74) is 0.0203. The molecule has 0 aliphatic heterocycles. The van der Waals surface area contributed by atoms with E-state index in [-0.39, 0.29) is 5.75 Å². The molecule has 4 heteroatoms. The van der Waals surface area contributed by atoms with E-state index in [4.69, 9.17) is 0 Å². The molecule has 0 bridgehead atoms. The van der Waals surface area contributed by atoms with Crippen molar-refractivity contribution in [2.75, 3.05) is 0 Å². The third kappa shape index (κ3) is 2.06. The highest BCUT2D eigenvalue weighted by Gasteiger charge is 2.05. The molecule has 1 aromatic heterocycles. The smallest absolute Gasteiger partial charge is 0.296 e. The van der Waals surface area contributed by atoms with Crippen LogP contribution < -0.4 is 11.0 Å². The minimum atomic E-state index is -0.735. The molecule has 0 atom stereocenters. The largest absolute Gasteiger partial charge is 0.507 e. The van der Waals surface area contributed by atoms with Crippen LogP contribution in [0.25, 0.3) is 10.9 Å². The van der Waals surface area contributed by atoms with Crippen molar-refractivity contribution in [1.82, 2.24) is 4.98 Å². The summed E-state index contributed by atoms with van der Waals surface area (Å²) in [6, 6.07) is 6.32. The molecule has 1 heterocycles. The van der Waals surface area contributed by atoms with Crippen molar-refractivity contribution in [3.8, 4) is 5.75 Å². The number of aryl methyl sites for hydroxylation is 1. The van der Waals surface area contributed by atoms with Gasteiger partial charge in [-0.15, -0.1) is 0 Å². The van der Waals surface area contributed by atoms with Crippen molar-refractivity contribution in [3.05, 3.63) is 50.4 Å². The van der Waals surface area contributed by atoms with Crippen molar-refractivity contribution >= 4 is 10.9 Å². The van der Waals surface area contributed by atoms with Gasteiger partial charge in [0, 0.05) is 11.5 Å². The zero-order chi connectivity index (χ0) is 12.4. The van der Waals surface area contributed by atoms with Crippen molar-refractivity contribution in [2.45, 2.75) is 19.8 Å². The third-order valence-corrected chi connectivity index (χ3v) is 2.68. The fourth-order valence-corrected chi connectivity index (χ4v) is 1.88. The van der Waals surface area contributed by atoms with Gasteiger partial charge in [-0.1, -0.05) is 25.5 Å². The lowest BCUT2D eigenvalue weighted by Gasteiger charge is -2.02. The van der Waals surface area contributed by atoms with Crippen LogP contribution in [0.15, 0.2) is 33.9 Å². The summed E-state index contributed by atoms with van der Waals surface area (Å²) in [6.07, 6.45) is 1.70. The summed E-state index contributed by atoms with van der Waals surface area (Å²) in [7, 11) is 0. The second kappa shape index (κ2) is 4.41. The molecule has 0 aliphatic carbocycles. The average molecular weight is 231 g/mol. The molecule has 0 saturated heterocycles. The Bertz CT molecular complexity index is 673. The Morgan fingerprint density at radius 2 is 2.06 bits per heavy atom. The molecule has 0 amide bonds. The molecule has 0 saturated carbocycles. The molecule has 2 rings (SSSR count). The van der Waals surface area contributed by atoms with Crippen LogP contribution in [0, 0.1) is 0 Å². The molecule has 4 nitrogen and oxygen atoms in total. The van der Waals surface area contributed by atoms with Gasteiger partial charge in [-0.3, -0.25) is 9.59 Å². The first kappa shape index (κ1) is 11.4. The number of hydrogen-bond acceptors (Lipinski definition) is 3. The van der Waals surface area contributed by atoms with Gasteiger partial charge in [-0.2, -0.15) is 0 Å². The lowest BCUT2D eigenvalue weighted by atomic mass is 10.1. The monoisotopic (exact) mass is 231 g/mol. The summed E-state index contributed by atoms with van der Waals surface area (Å²) in [5, 5.41) is 10.3. The Labute approximate surface area is 97.6 Å². The molecule has 0 fully saturated rings. The molecule has 0 unspecified atom stereocenters. The Kier molecular flexibility index (Phi) is 2.95. The predicted molar refractivity (Wildman–Crippen MR) is 66.5 cm³/mol.